The number of nitrogens with one attached hydrogen (secondary N) is 1. The summed E-state index contributed by atoms with van der Waals surface area (Å²) < 4.78 is 0. The SMILES string of the molecule is CN(C)c1ccc(C(=O)NCC2CCCC(O)C2)cc1. The summed E-state index contributed by atoms with van der Waals surface area (Å²) in [4.78, 5) is 14.1. The summed E-state index contributed by atoms with van der Waals surface area (Å²) in [5.74, 6) is 0.374. The van der Waals surface area contributed by atoms with Crippen LogP contribution in [0.2, 0.25) is 0 Å². The number of hydrogen-bond donors (Lipinski definition) is 2. The summed E-state index contributed by atoms with van der Waals surface area (Å²) in [7, 11) is 3.95. The molecule has 4 nitrogen and oxygen atoms in total. The van der Waals surface area contributed by atoms with E-state index in [2.05, 4.69) is 5.32 Å². The van der Waals surface area contributed by atoms with Crippen LogP contribution in [0, 0.1) is 5.92 Å². The van der Waals surface area contributed by atoms with Crippen molar-refractivity contribution in [2.24, 2.45) is 5.92 Å². The quantitative estimate of drug-likeness (QED) is 0.885. The zero-order chi connectivity index (χ0) is 14.5. The smallest absolute Gasteiger partial charge is 0.251 e. The van der Waals surface area contributed by atoms with Crippen LogP contribution in [0.3, 0.4) is 0 Å². The van der Waals surface area contributed by atoms with E-state index in [1.807, 2.05) is 43.3 Å². The normalized spacial score (nSPS) is 22.4. The van der Waals surface area contributed by atoms with Gasteiger partial charge in [-0.1, -0.05) is 6.42 Å². The third-order valence-corrected chi connectivity index (χ3v) is 3.95. The molecule has 20 heavy (non-hydrogen) atoms. The van der Waals surface area contributed by atoms with Gasteiger partial charge >= 0.3 is 0 Å². The molecule has 4 heteroatoms. The maximum atomic E-state index is 12.1. The zero-order valence-corrected chi connectivity index (χ0v) is 12.3. The monoisotopic (exact) mass is 276 g/mol. The third-order valence-electron chi connectivity index (χ3n) is 3.95. The molecule has 1 aliphatic rings. The molecule has 110 valence electrons. The predicted octanol–water partition coefficient (Wildman–Crippen LogP) is 2.03. The molecule has 0 bridgehead atoms. The van der Waals surface area contributed by atoms with Gasteiger partial charge in [0.05, 0.1) is 6.10 Å². The number of amides is 1. The van der Waals surface area contributed by atoms with E-state index in [1.165, 1.54) is 0 Å². The van der Waals surface area contributed by atoms with Crippen molar-refractivity contribution in [1.82, 2.24) is 5.32 Å². The maximum absolute atomic E-state index is 12.1. The minimum atomic E-state index is -0.190. The van der Waals surface area contributed by atoms with Gasteiger partial charge in [-0.15, -0.1) is 0 Å². The molecule has 1 aromatic carbocycles. The van der Waals surface area contributed by atoms with Crippen molar-refractivity contribution in [1.29, 1.82) is 0 Å². The van der Waals surface area contributed by atoms with Crippen LogP contribution >= 0.6 is 0 Å². The first kappa shape index (κ1) is 14.9. The van der Waals surface area contributed by atoms with E-state index >= 15 is 0 Å². The molecule has 2 unspecified atom stereocenters. The van der Waals surface area contributed by atoms with Gasteiger partial charge in [0.15, 0.2) is 0 Å². The molecule has 0 spiro atoms. The summed E-state index contributed by atoms with van der Waals surface area (Å²) in [6, 6.07) is 7.58. The predicted molar refractivity (Wildman–Crippen MR) is 81.1 cm³/mol. The zero-order valence-electron chi connectivity index (χ0n) is 12.3. The number of carbonyl (C=O) groups excluding carboxylic acids is 1. The number of aliphatic hydroxyl groups is 1. The number of nitrogens with zero attached hydrogens (tertiary/aromatic N) is 1. The largest absolute Gasteiger partial charge is 0.393 e. The van der Waals surface area contributed by atoms with Crippen LogP contribution in [-0.4, -0.2) is 37.8 Å². The summed E-state index contributed by atoms with van der Waals surface area (Å²) in [6.45, 7) is 0.658. The standard InChI is InChI=1S/C16H24N2O2/c1-18(2)14-8-6-13(7-9-14)16(20)17-11-12-4-3-5-15(19)10-12/h6-9,12,15,19H,3-5,10-11H2,1-2H3,(H,17,20). The fraction of sp³-hybridized carbons (Fsp3) is 0.562. The minimum Gasteiger partial charge on any atom is -0.393 e. The average molecular weight is 276 g/mol. The van der Waals surface area contributed by atoms with Gasteiger partial charge in [-0.3, -0.25) is 4.79 Å². The molecule has 0 radical (unpaired) electrons. The van der Waals surface area contributed by atoms with Crippen LogP contribution in [0.5, 0.6) is 0 Å². The lowest BCUT2D eigenvalue weighted by Gasteiger charge is -2.25. The molecule has 2 N–H and O–H groups in total. The van der Waals surface area contributed by atoms with Crippen LogP contribution in [0.25, 0.3) is 0 Å². The first-order valence-corrected chi connectivity index (χ1v) is 7.30. The topological polar surface area (TPSA) is 52.6 Å². The van der Waals surface area contributed by atoms with Crippen molar-refractivity contribution in [3.05, 3.63) is 29.8 Å². The van der Waals surface area contributed by atoms with Gasteiger partial charge in [-0.2, -0.15) is 0 Å². The van der Waals surface area contributed by atoms with Crippen molar-refractivity contribution in [2.75, 3.05) is 25.5 Å². The minimum absolute atomic E-state index is 0.0321. The lowest BCUT2D eigenvalue weighted by Crippen LogP contribution is -2.32. The van der Waals surface area contributed by atoms with Crippen molar-refractivity contribution >= 4 is 11.6 Å². The number of hydrogen-bond acceptors (Lipinski definition) is 3. The lowest BCUT2D eigenvalue weighted by molar-refractivity contribution is 0.0874. The second-order valence-corrected chi connectivity index (χ2v) is 5.84. The average Bonchev–Trinajstić information content (AvgIpc) is 2.45. The van der Waals surface area contributed by atoms with Crippen molar-refractivity contribution in [2.45, 2.75) is 31.8 Å². The first-order chi connectivity index (χ1) is 9.56. The van der Waals surface area contributed by atoms with Crippen LogP contribution in [0.4, 0.5) is 5.69 Å². The van der Waals surface area contributed by atoms with Crippen molar-refractivity contribution < 1.29 is 9.90 Å². The third kappa shape index (κ3) is 3.97. The second-order valence-electron chi connectivity index (χ2n) is 5.84. The van der Waals surface area contributed by atoms with Crippen LogP contribution in [0.1, 0.15) is 36.0 Å². The van der Waals surface area contributed by atoms with Gasteiger partial charge in [-0.25, -0.2) is 0 Å². The van der Waals surface area contributed by atoms with E-state index in [4.69, 9.17) is 0 Å². The van der Waals surface area contributed by atoms with Crippen LogP contribution in [-0.2, 0) is 0 Å². The Hall–Kier alpha value is -1.55. The van der Waals surface area contributed by atoms with E-state index in [9.17, 15) is 9.90 Å². The molecular weight excluding hydrogens is 252 g/mol. The summed E-state index contributed by atoms with van der Waals surface area (Å²) in [5.41, 5.74) is 1.77. The van der Waals surface area contributed by atoms with Gasteiger partial charge in [0, 0.05) is 31.9 Å². The Labute approximate surface area is 120 Å². The van der Waals surface area contributed by atoms with Gasteiger partial charge in [0.1, 0.15) is 0 Å². The molecule has 1 amide bonds. The highest BCUT2D eigenvalue weighted by Gasteiger charge is 2.20. The molecule has 2 atom stereocenters. The first-order valence-electron chi connectivity index (χ1n) is 7.30. The Morgan fingerprint density at radius 3 is 2.60 bits per heavy atom. The Kier molecular flexibility index (Phi) is 5.01. The number of rotatable bonds is 4. The number of aliphatic hydroxyl groups excluding tert-OH is 1. The summed E-state index contributed by atoms with van der Waals surface area (Å²) in [5, 5.41) is 12.6. The molecule has 0 heterocycles. The number of carbonyl (C=O) groups is 1. The highest BCUT2D eigenvalue weighted by atomic mass is 16.3. The van der Waals surface area contributed by atoms with E-state index < -0.39 is 0 Å². The van der Waals surface area contributed by atoms with E-state index in [0.717, 1.165) is 31.4 Å². The van der Waals surface area contributed by atoms with E-state index in [1.54, 1.807) is 0 Å². The molecule has 1 aliphatic carbocycles. The maximum Gasteiger partial charge on any atom is 0.251 e. The molecule has 1 fully saturated rings. The Balaban J connectivity index is 1.85. The molecule has 1 aromatic rings. The summed E-state index contributed by atoms with van der Waals surface area (Å²) >= 11 is 0. The highest BCUT2D eigenvalue weighted by Crippen LogP contribution is 2.23. The molecular formula is C16H24N2O2. The molecule has 0 saturated heterocycles. The van der Waals surface area contributed by atoms with Crippen LogP contribution in [0.15, 0.2) is 24.3 Å². The van der Waals surface area contributed by atoms with Gasteiger partial charge in [0.2, 0.25) is 0 Å². The van der Waals surface area contributed by atoms with Gasteiger partial charge < -0.3 is 15.3 Å². The Morgan fingerprint density at radius 1 is 1.30 bits per heavy atom. The van der Waals surface area contributed by atoms with E-state index in [0.29, 0.717) is 18.0 Å². The van der Waals surface area contributed by atoms with Crippen molar-refractivity contribution in [3.8, 4) is 0 Å². The lowest BCUT2D eigenvalue weighted by atomic mass is 9.87. The number of anilines is 1. The second kappa shape index (κ2) is 6.75. The molecule has 0 aliphatic heterocycles. The van der Waals surface area contributed by atoms with Crippen LogP contribution < -0.4 is 10.2 Å². The van der Waals surface area contributed by atoms with Gasteiger partial charge in [-0.05, 0) is 49.4 Å². The molecule has 0 aromatic heterocycles. The fourth-order valence-corrected chi connectivity index (χ4v) is 2.70. The number of benzene rings is 1. The molecule has 1 saturated carbocycles. The van der Waals surface area contributed by atoms with Gasteiger partial charge in [0.25, 0.3) is 5.91 Å². The summed E-state index contributed by atoms with van der Waals surface area (Å²) in [6.07, 6.45) is 3.66. The van der Waals surface area contributed by atoms with E-state index in [-0.39, 0.29) is 12.0 Å². The Bertz CT molecular complexity index is 442. The molecule has 2 rings (SSSR count). The fourth-order valence-electron chi connectivity index (χ4n) is 2.70. The van der Waals surface area contributed by atoms with Crippen molar-refractivity contribution in [3.63, 3.8) is 0 Å². The Morgan fingerprint density at radius 2 is 2.00 bits per heavy atom. The highest BCUT2D eigenvalue weighted by molar-refractivity contribution is 5.94.